The van der Waals surface area contributed by atoms with Gasteiger partial charge < -0.3 is 28.8 Å². The van der Waals surface area contributed by atoms with Crippen LogP contribution in [0.3, 0.4) is 0 Å². The Hall–Kier alpha value is -5.02. The summed E-state index contributed by atoms with van der Waals surface area (Å²) in [5, 5.41) is 24.1. The van der Waals surface area contributed by atoms with Crippen molar-refractivity contribution in [3.63, 3.8) is 0 Å². The highest BCUT2D eigenvalue weighted by molar-refractivity contribution is 6.99. The van der Waals surface area contributed by atoms with E-state index in [2.05, 4.69) is 81.4 Å². The van der Waals surface area contributed by atoms with Crippen LogP contribution in [-0.4, -0.2) is 58.2 Å². The fourth-order valence-electron chi connectivity index (χ4n) is 7.21. The Balaban J connectivity index is 1.20. The number of hydrogen-bond donors (Lipinski definition) is 2. The van der Waals surface area contributed by atoms with E-state index >= 15 is 0 Å². The van der Waals surface area contributed by atoms with Gasteiger partial charge in [-0.15, -0.1) is 0 Å². The van der Waals surface area contributed by atoms with Gasteiger partial charge in [-0.25, -0.2) is 0 Å². The molecule has 7 heteroatoms. The van der Waals surface area contributed by atoms with E-state index in [0.717, 1.165) is 28.2 Å². The van der Waals surface area contributed by atoms with Crippen LogP contribution in [-0.2, 0) is 14.8 Å². The van der Waals surface area contributed by atoms with Gasteiger partial charge in [0.15, 0.2) is 0 Å². The molecule has 5 aromatic rings. The first-order chi connectivity index (χ1) is 27.1. The molecule has 0 aromatic heterocycles. The number of aliphatic hydroxyl groups excluding tert-OH is 2. The Morgan fingerprint density at radius 3 is 1.32 bits per heavy atom. The van der Waals surface area contributed by atoms with Gasteiger partial charge in [-0.2, -0.15) is 0 Å². The molecule has 5 rings (SSSR count). The Labute approximate surface area is 334 Å². The van der Waals surface area contributed by atoms with Crippen LogP contribution in [0.25, 0.3) is 0 Å². The average Bonchev–Trinajstić information content (AvgIpc) is 3.23. The second-order valence-electron chi connectivity index (χ2n) is 14.7. The zero-order valence-corrected chi connectivity index (χ0v) is 34.3. The quantitative estimate of drug-likeness (QED) is 0.0497. The topological polar surface area (TPSA) is 77.4 Å². The standard InChI is InChI=1S/C49H56O6Si/c1-48(2,3)56(46-23-15-9-16-24-46,47-25-17-10-18-26-47)55-38-36-43(51)22-14-7-6-13-21-42(50)35-37-54-49(39-19-11-8-12-20-39,40-27-31-44(52-4)32-28-40)41-29-33-45(53-5)34-30-41/h6-34,42-43,50-51H,35-38H2,1-5H3. The molecule has 0 aliphatic rings. The molecule has 292 valence electrons. The van der Waals surface area contributed by atoms with Crippen LogP contribution in [0, 0.1) is 0 Å². The third-order valence-electron chi connectivity index (χ3n) is 10.1. The third-order valence-corrected chi connectivity index (χ3v) is 15.1. The van der Waals surface area contributed by atoms with Gasteiger partial charge in [-0.1, -0.05) is 172 Å². The van der Waals surface area contributed by atoms with Crippen molar-refractivity contribution in [2.45, 2.75) is 56.5 Å². The second-order valence-corrected chi connectivity index (χ2v) is 19.0. The lowest BCUT2D eigenvalue weighted by atomic mass is 9.80. The van der Waals surface area contributed by atoms with Crippen LogP contribution in [0.2, 0.25) is 5.04 Å². The summed E-state index contributed by atoms with van der Waals surface area (Å²) < 4.78 is 24.7. The first-order valence-corrected chi connectivity index (χ1v) is 21.2. The summed E-state index contributed by atoms with van der Waals surface area (Å²) in [6.07, 6.45) is 10.3. The summed E-state index contributed by atoms with van der Waals surface area (Å²) in [5.41, 5.74) is 1.89. The number of rotatable bonds is 19. The van der Waals surface area contributed by atoms with E-state index in [4.69, 9.17) is 18.6 Å². The minimum Gasteiger partial charge on any atom is -0.497 e. The van der Waals surface area contributed by atoms with E-state index < -0.39 is 26.1 Å². The Morgan fingerprint density at radius 1 is 0.518 bits per heavy atom. The minimum absolute atomic E-state index is 0.125. The van der Waals surface area contributed by atoms with Gasteiger partial charge >= 0.3 is 0 Å². The lowest BCUT2D eigenvalue weighted by molar-refractivity contribution is -0.000102. The van der Waals surface area contributed by atoms with Gasteiger partial charge in [0.05, 0.1) is 33.0 Å². The number of allylic oxidation sites excluding steroid dienone is 4. The molecule has 5 aromatic carbocycles. The lowest BCUT2D eigenvalue weighted by Gasteiger charge is -2.43. The SMILES string of the molecule is COc1ccc(C(OCCC(O)C=CC=CC=CC(O)CCO[Si](c2ccccc2)(c2ccccc2)C(C)(C)C)(c2ccccc2)c2ccc(OC)cc2)cc1. The van der Waals surface area contributed by atoms with Gasteiger partial charge in [-0.05, 0) is 62.8 Å². The van der Waals surface area contributed by atoms with Gasteiger partial charge in [0, 0.05) is 13.0 Å². The molecule has 2 N–H and O–H groups in total. The molecular weight excluding hydrogens is 713 g/mol. The molecule has 0 heterocycles. The highest BCUT2D eigenvalue weighted by Gasteiger charge is 2.50. The third kappa shape index (κ3) is 10.2. The molecule has 6 nitrogen and oxygen atoms in total. The maximum absolute atomic E-state index is 10.9. The molecule has 2 unspecified atom stereocenters. The van der Waals surface area contributed by atoms with Crippen LogP contribution in [0.1, 0.15) is 50.3 Å². The summed E-state index contributed by atoms with van der Waals surface area (Å²) in [7, 11) is 0.645. The molecule has 0 aliphatic heterocycles. The summed E-state index contributed by atoms with van der Waals surface area (Å²) >= 11 is 0. The first kappa shape index (κ1) is 42.1. The maximum atomic E-state index is 10.9. The fraction of sp³-hybridized carbons (Fsp3) is 0.265. The number of benzene rings is 5. The predicted molar refractivity (Wildman–Crippen MR) is 231 cm³/mol. The van der Waals surface area contributed by atoms with Crippen molar-refractivity contribution in [3.05, 3.63) is 193 Å². The van der Waals surface area contributed by atoms with Gasteiger partial charge in [0.1, 0.15) is 17.1 Å². The zero-order valence-electron chi connectivity index (χ0n) is 33.3. The van der Waals surface area contributed by atoms with Crippen LogP contribution in [0.5, 0.6) is 11.5 Å². The highest BCUT2D eigenvalue weighted by Crippen LogP contribution is 2.42. The Kier molecular flexibility index (Phi) is 15.2. The molecule has 0 spiro atoms. The number of ether oxygens (including phenoxy) is 3. The number of methoxy groups -OCH3 is 2. The molecule has 0 bridgehead atoms. The van der Waals surface area contributed by atoms with Crippen molar-refractivity contribution in [2.24, 2.45) is 0 Å². The van der Waals surface area contributed by atoms with Crippen molar-refractivity contribution >= 4 is 18.7 Å². The van der Waals surface area contributed by atoms with Crippen molar-refractivity contribution in [1.29, 1.82) is 0 Å². The van der Waals surface area contributed by atoms with E-state index in [1.807, 2.05) is 103 Å². The monoisotopic (exact) mass is 768 g/mol. The average molecular weight is 769 g/mol. The van der Waals surface area contributed by atoms with Crippen LogP contribution in [0.4, 0.5) is 0 Å². The lowest BCUT2D eigenvalue weighted by Crippen LogP contribution is -2.66. The number of hydrogen-bond acceptors (Lipinski definition) is 6. The van der Waals surface area contributed by atoms with Gasteiger partial charge in [-0.3, -0.25) is 0 Å². The Morgan fingerprint density at radius 2 is 0.911 bits per heavy atom. The molecular formula is C49H56O6Si. The van der Waals surface area contributed by atoms with E-state index in [-0.39, 0.29) is 11.6 Å². The molecule has 0 radical (unpaired) electrons. The molecule has 0 saturated heterocycles. The van der Waals surface area contributed by atoms with E-state index in [1.165, 1.54) is 10.4 Å². The zero-order chi connectivity index (χ0) is 39.9. The summed E-state index contributed by atoms with van der Waals surface area (Å²) in [5.74, 6) is 1.51. The van der Waals surface area contributed by atoms with E-state index in [1.54, 1.807) is 26.4 Å². The van der Waals surface area contributed by atoms with Crippen LogP contribution in [0.15, 0.2) is 176 Å². The summed E-state index contributed by atoms with van der Waals surface area (Å²) in [6.45, 7) is 7.46. The molecule has 0 amide bonds. The molecule has 0 saturated carbocycles. The molecule has 0 fully saturated rings. The largest absolute Gasteiger partial charge is 0.497 e. The Bertz CT molecular complexity index is 1880. The van der Waals surface area contributed by atoms with E-state index in [0.29, 0.717) is 19.4 Å². The minimum atomic E-state index is -2.66. The summed E-state index contributed by atoms with van der Waals surface area (Å²) in [6, 6.07) is 47.0. The normalized spacial score (nSPS) is 13.7. The van der Waals surface area contributed by atoms with Crippen LogP contribution < -0.4 is 19.8 Å². The fourth-order valence-corrected chi connectivity index (χ4v) is 11.8. The summed E-state index contributed by atoms with van der Waals surface area (Å²) in [4.78, 5) is 0. The molecule has 56 heavy (non-hydrogen) atoms. The van der Waals surface area contributed by atoms with Crippen molar-refractivity contribution in [2.75, 3.05) is 27.4 Å². The first-order valence-electron chi connectivity index (χ1n) is 19.3. The highest BCUT2D eigenvalue weighted by atomic mass is 28.4. The maximum Gasteiger partial charge on any atom is 0.261 e. The smallest absolute Gasteiger partial charge is 0.261 e. The second kappa shape index (κ2) is 20.2. The van der Waals surface area contributed by atoms with Gasteiger partial charge in [0.25, 0.3) is 8.32 Å². The van der Waals surface area contributed by atoms with Crippen LogP contribution >= 0.6 is 0 Å². The number of aliphatic hydroxyl groups is 2. The van der Waals surface area contributed by atoms with Crippen molar-refractivity contribution in [1.82, 2.24) is 0 Å². The van der Waals surface area contributed by atoms with Crippen molar-refractivity contribution < 1.29 is 28.8 Å². The molecule has 0 aliphatic carbocycles. The van der Waals surface area contributed by atoms with E-state index in [9.17, 15) is 10.2 Å². The molecule has 2 atom stereocenters. The predicted octanol–water partition coefficient (Wildman–Crippen LogP) is 8.76. The van der Waals surface area contributed by atoms with Crippen molar-refractivity contribution in [3.8, 4) is 11.5 Å². The van der Waals surface area contributed by atoms with Gasteiger partial charge in [0.2, 0.25) is 0 Å².